The minimum Gasteiger partial charge on any atom is -0.371 e. The molecule has 1 aromatic carbocycles. The van der Waals surface area contributed by atoms with Gasteiger partial charge >= 0.3 is 0 Å². The maximum absolute atomic E-state index is 5.95. The second-order valence-corrected chi connectivity index (χ2v) is 5.58. The summed E-state index contributed by atoms with van der Waals surface area (Å²) in [4.78, 5) is 2.56. The summed E-state index contributed by atoms with van der Waals surface area (Å²) in [6.07, 6.45) is 9.42. The van der Waals surface area contributed by atoms with Crippen molar-refractivity contribution < 1.29 is 0 Å². The molecule has 2 nitrogen and oxygen atoms in total. The maximum atomic E-state index is 5.95. The van der Waals surface area contributed by atoms with Gasteiger partial charge in [-0.3, -0.25) is 0 Å². The monoisotopic (exact) mass is 242 g/mol. The molecule has 0 bridgehead atoms. The van der Waals surface area contributed by atoms with E-state index in [2.05, 4.69) is 41.3 Å². The Balaban J connectivity index is 1.77. The Morgan fingerprint density at radius 3 is 2.89 bits per heavy atom. The van der Waals surface area contributed by atoms with Crippen molar-refractivity contribution >= 4 is 5.69 Å². The predicted octanol–water partition coefficient (Wildman–Crippen LogP) is 2.73. The highest BCUT2D eigenvalue weighted by molar-refractivity contribution is 5.54. The van der Waals surface area contributed by atoms with Crippen LogP contribution in [0.1, 0.15) is 24.8 Å². The number of aryl methyl sites for hydroxylation is 1. The molecule has 2 atom stereocenters. The van der Waals surface area contributed by atoms with Crippen molar-refractivity contribution in [1.29, 1.82) is 0 Å². The molecule has 2 N–H and O–H groups in total. The van der Waals surface area contributed by atoms with Gasteiger partial charge in [0.2, 0.25) is 0 Å². The fourth-order valence-corrected chi connectivity index (χ4v) is 3.18. The van der Waals surface area contributed by atoms with E-state index in [1.807, 2.05) is 0 Å². The number of anilines is 1. The molecule has 18 heavy (non-hydrogen) atoms. The molecule has 0 saturated heterocycles. The van der Waals surface area contributed by atoms with E-state index in [1.54, 1.807) is 0 Å². The van der Waals surface area contributed by atoms with Crippen LogP contribution in [0.3, 0.4) is 0 Å². The van der Waals surface area contributed by atoms with Crippen molar-refractivity contribution in [2.24, 2.45) is 11.7 Å². The third-order valence-corrected chi connectivity index (χ3v) is 4.12. The molecule has 1 aliphatic carbocycles. The summed E-state index contributed by atoms with van der Waals surface area (Å²) in [6, 6.07) is 9.15. The van der Waals surface area contributed by atoms with E-state index in [4.69, 9.17) is 5.73 Å². The molecule has 0 radical (unpaired) electrons. The van der Waals surface area contributed by atoms with Gasteiger partial charge in [0.15, 0.2) is 0 Å². The van der Waals surface area contributed by atoms with E-state index in [-0.39, 0.29) is 6.04 Å². The predicted molar refractivity (Wildman–Crippen MR) is 76.8 cm³/mol. The van der Waals surface area contributed by atoms with Crippen LogP contribution in [0.5, 0.6) is 0 Å². The van der Waals surface area contributed by atoms with Gasteiger partial charge in [-0.15, -0.1) is 0 Å². The molecular formula is C16H22N2. The van der Waals surface area contributed by atoms with Crippen LogP contribution in [0.25, 0.3) is 0 Å². The van der Waals surface area contributed by atoms with E-state index >= 15 is 0 Å². The summed E-state index contributed by atoms with van der Waals surface area (Å²) in [5.41, 5.74) is 8.91. The highest BCUT2D eigenvalue weighted by Gasteiger charge is 2.21. The smallest absolute Gasteiger partial charge is 0.0398 e. The van der Waals surface area contributed by atoms with Gasteiger partial charge in [0.1, 0.15) is 0 Å². The van der Waals surface area contributed by atoms with Crippen LogP contribution in [-0.4, -0.2) is 19.1 Å². The molecule has 0 fully saturated rings. The summed E-state index contributed by atoms with van der Waals surface area (Å²) in [7, 11) is 0. The largest absolute Gasteiger partial charge is 0.371 e. The van der Waals surface area contributed by atoms with E-state index in [0.717, 1.165) is 13.0 Å². The Kier molecular flexibility index (Phi) is 3.37. The number of benzene rings is 1. The van der Waals surface area contributed by atoms with E-state index in [9.17, 15) is 0 Å². The molecule has 1 heterocycles. The van der Waals surface area contributed by atoms with Crippen LogP contribution in [0.4, 0.5) is 5.69 Å². The molecule has 0 aromatic heterocycles. The van der Waals surface area contributed by atoms with Gasteiger partial charge in [0.05, 0.1) is 0 Å². The lowest BCUT2D eigenvalue weighted by Crippen LogP contribution is -2.30. The average Bonchev–Trinajstić information content (AvgIpc) is 2.68. The van der Waals surface area contributed by atoms with Crippen molar-refractivity contribution in [2.45, 2.75) is 31.7 Å². The quantitative estimate of drug-likeness (QED) is 0.808. The molecule has 1 aliphatic heterocycles. The van der Waals surface area contributed by atoms with Crippen LogP contribution < -0.4 is 10.6 Å². The summed E-state index contributed by atoms with van der Waals surface area (Å²) < 4.78 is 0. The molecule has 1 aromatic rings. The third kappa shape index (κ3) is 2.44. The standard InChI is InChI=1S/C16H22N2/c17-15-9-8-13(11-15)12-18-10-4-3-6-14-5-1-2-7-16(14)18/h1-2,5,7-9,13,15H,3-4,6,10-12,17H2. The Labute approximate surface area is 109 Å². The van der Waals surface area contributed by atoms with E-state index in [1.165, 1.54) is 37.1 Å². The summed E-state index contributed by atoms with van der Waals surface area (Å²) in [6.45, 7) is 2.32. The van der Waals surface area contributed by atoms with Crippen LogP contribution in [0.2, 0.25) is 0 Å². The Morgan fingerprint density at radius 1 is 1.17 bits per heavy atom. The van der Waals surface area contributed by atoms with Gasteiger partial charge in [-0.05, 0) is 43.2 Å². The summed E-state index contributed by atoms with van der Waals surface area (Å²) in [5, 5.41) is 0. The lowest BCUT2D eigenvalue weighted by atomic mass is 10.1. The summed E-state index contributed by atoms with van der Waals surface area (Å²) in [5.74, 6) is 0.631. The Bertz CT molecular complexity index is 438. The van der Waals surface area contributed by atoms with E-state index in [0.29, 0.717) is 5.92 Å². The SMILES string of the molecule is NC1C=CC(CN2CCCCc3ccccc32)C1. The first-order valence-electron chi connectivity index (χ1n) is 7.10. The first-order chi connectivity index (χ1) is 8.83. The zero-order valence-corrected chi connectivity index (χ0v) is 10.9. The van der Waals surface area contributed by atoms with Gasteiger partial charge in [0, 0.05) is 24.8 Å². The fraction of sp³-hybridized carbons (Fsp3) is 0.500. The molecular weight excluding hydrogens is 220 g/mol. The molecule has 2 unspecified atom stereocenters. The number of nitrogens with zero attached hydrogens (tertiary/aromatic N) is 1. The number of para-hydroxylation sites is 1. The van der Waals surface area contributed by atoms with Crippen molar-refractivity contribution in [2.75, 3.05) is 18.0 Å². The third-order valence-electron chi connectivity index (χ3n) is 4.12. The van der Waals surface area contributed by atoms with Gasteiger partial charge in [-0.2, -0.15) is 0 Å². The molecule has 2 aliphatic rings. The van der Waals surface area contributed by atoms with E-state index < -0.39 is 0 Å². The first-order valence-corrected chi connectivity index (χ1v) is 7.10. The topological polar surface area (TPSA) is 29.3 Å². The van der Waals surface area contributed by atoms with Crippen LogP contribution in [0, 0.1) is 5.92 Å². The van der Waals surface area contributed by atoms with Gasteiger partial charge < -0.3 is 10.6 Å². The zero-order chi connectivity index (χ0) is 12.4. The minimum absolute atomic E-state index is 0.275. The lowest BCUT2D eigenvalue weighted by molar-refractivity contribution is 0.565. The minimum atomic E-state index is 0.275. The molecule has 96 valence electrons. The van der Waals surface area contributed by atoms with Crippen LogP contribution >= 0.6 is 0 Å². The van der Waals surface area contributed by atoms with Crippen molar-refractivity contribution in [3.8, 4) is 0 Å². The van der Waals surface area contributed by atoms with Crippen molar-refractivity contribution in [3.63, 3.8) is 0 Å². The number of hydrogen-bond donors (Lipinski definition) is 1. The van der Waals surface area contributed by atoms with Gasteiger partial charge in [-0.1, -0.05) is 30.4 Å². The molecule has 2 heteroatoms. The zero-order valence-electron chi connectivity index (χ0n) is 10.9. The molecule has 0 spiro atoms. The first kappa shape index (κ1) is 11.8. The van der Waals surface area contributed by atoms with Gasteiger partial charge in [-0.25, -0.2) is 0 Å². The normalized spacial score (nSPS) is 27.1. The van der Waals surface area contributed by atoms with Crippen LogP contribution in [-0.2, 0) is 6.42 Å². The summed E-state index contributed by atoms with van der Waals surface area (Å²) >= 11 is 0. The molecule has 0 amide bonds. The second-order valence-electron chi connectivity index (χ2n) is 5.58. The average molecular weight is 242 g/mol. The fourth-order valence-electron chi connectivity index (χ4n) is 3.18. The second kappa shape index (κ2) is 5.15. The number of rotatable bonds is 2. The van der Waals surface area contributed by atoms with Crippen LogP contribution in [0.15, 0.2) is 36.4 Å². The highest BCUT2D eigenvalue weighted by Crippen LogP contribution is 2.28. The van der Waals surface area contributed by atoms with Gasteiger partial charge in [0.25, 0.3) is 0 Å². The number of nitrogens with two attached hydrogens (primary N) is 1. The Morgan fingerprint density at radius 2 is 2.06 bits per heavy atom. The number of fused-ring (bicyclic) bond motifs is 1. The van der Waals surface area contributed by atoms with Crippen molar-refractivity contribution in [1.82, 2.24) is 0 Å². The molecule has 3 rings (SSSR count). The highest BCUT2D eigenvalue weighted by atomic mass is 15.1. The lowest BCUT2D eigenvalue weighted by Gasteiger charge is -2.27. The Hall–Kier alpha value is -1.28. The number of hydrogen-bond acceptors (Lipinski definition) is 2. The van der Waals surface area contributed by atoms with Crippen molar-refractivity contribution in [3.05, 3.63) is 42.0 Å². The maximum Gasteiger partial charge on any atom is 0.0398 e. The molecule has 0 saturated carbocycles.